The van der Waals surface area contributed by atoms with Crippen molar-refractivity contribution in [1.29, 1.82) is 0 Å². The molecule has 0 atom stereocenters. The van der Waals surface area contributed by atoms with E-state index in [1.54, 1.807) is 29.4 Å². The van der Waals surface area contributed by atoms with Crippen molar-refractivity contribution in [3.05, 3.63) is 94.7 Å². The molecule has 1 aliphatic rings. The first-order chi connectivity index (χ1) is 23.0. The van der Waals surface area contributed by atoms with E-state index in [2.05, 4.69) is 64.9 Å². The molecule has 3 heterocycles. The number of furan rings is 1. The lowest BCUT2D eigenvalue weighted by Gasteiger charge is -2.22. The zero-order chi connectivity index (χ0) is 33.6. The van der Waals surface area contributed by atoms with Gasteiger partial charge in [0.2, 0.25) is 5.52 Å². The van der Waals surface area contributed by atoms with Crippen molar-refractivity contribution in [2.75, 3.05) is 23.0 Å². The molecule has 0 N–H and O–H groups in total. The minimum absolute atomic E-state index is 0.170. The van der Waals surface area contributed by atoms with Crippen LogP contribution in [-0.2, 0) is 26.8 Å². The number of thioether (sulfide) groups is 1. The van der Waals surface area contributed by atoms with Gasteiger partial charge in [-0.05, 0) is 77.0 Å². The van der Waals surface area contributed by atoms with Gasteiger partial charge in [-0.2, -0.15) is 4.57 Å². The Balaban J connectivity index is 1.34. The Hall–Kier alpha value is -3.72. The highest BCUT2D eigenvalue weighted by atomic mass is 32.2. The van der Waals surface area contributed by atoms with E-state index in [1.807, 2.05) is 30.3 Å². The molecule has 13 heteroatoms. The maximum absolute atomic E-state index is 11.6. The molecule has 0 amide bonds. The van der Waals surface area contributed by atoms with Gasteiger partial charge in [0.1, 0.15) is 10.3 Å². The van der Waals surface area contributed by atoms with E-state index in [-0.39, 0.29) is 12.8 Å². The lowest BCUT2D eigenvalue weighted by atomic mass is 10.0. The summed E-state index contributed by atoms with van der Waals surface area (Å²) in [5.41, 5.74) is 3.63. The lowest BCUT2D eigenvalue weighted by molar-refractivity contribution is -0.667. The van der Waals surface area contributed by atoms with Gasteiger partial charge in [-0.15, -0.1) is 0 Å². The van der Waals surface area contributed by atoms with Gasteiger partial charge in [0.05, 0.1) is 42.6 Å². The molecule has 0 saturated carbocycles. The van der Waals surface area contributed by atoms with E-state index in [9.17, 15) is 25.9 Å². The van der Waals surface area contributed by atoms with E-state index < -0.39 is 31.7 Å². The van der Waals surface area contributed by atoms with Gasteiger partial charge in [-0.3, -0.25) is 0 Å². The third kappa shape index (κ3) is 6.75. The zero-order valence-corrected chi connectivity index (χ0v) is 29.2. The van der Waals surface area contributed by atoms with Crippen molar-refractivity contribution < 1.29 is 34.9 Å². The van der Waals surface area contributed by atoms with Gasteiger partial charge >= 0.3 is 0 Å². The third-order valence-electron chi connectivity index (χ3n) is 8.47. The van der Waals surface area contributed by atoms with Crippen LogP contribution in [0.1, 0.15) is 31.2 Å². The fraction of sp³-hybridized carbons (Fsp3) is 0.229. The van der Waals surface area contributed by atoms with Crippen molar-refractivity contribution in [1.82, 2.24) is 0 Å². The fourth-order valence-electron chi connectivity index (χ4n) is 6.28. The quantitative estimate of drug-likeness (QED) is 0.0765. The van der Waals surface area contributed by atoms with E-state index >= 15 is 0 Å². The molecule has 0 fully saturated rings. The van der Waals surface area contributed by atoms with Crippen molar-refractivity contribution in [3.63, 3.8) is 0 Å². The summed E-state index contributed by atoms with van der Waals surface area (Å²) in [5, 5.41) is 7.08. The van der Waals surface area contributed by atoms with Crippen LogP contribution in [0.15, 0.2) is 99.0 Å². The molecule has 0 radical (unpaired) electrons. The number of anilines is 1. The molecular weight excluding hydrogens is 689 g/mol. The molecule has 0 unspecified atom stereocenters. The number of hydrogen-bond donors (Lipinski definition) is 0. The summed E-state index contributed by atoms with van der Waals surface area (Å²) in [6.07, 6.45) is 6.85. The van der Waals surface area contributed by atoms with Crippen molar-refractivity contribution in [2.24, 2.45) is 0 Å². The van der Waals surface area contributed by atoms with Gasteiger partial charge in [-0.1, -0.05) is 60.4 Å². The summed E-state index contributed by atoms with van der Waals surface area (Å²) < 4.78 is 77.8. The minimum Gasteiger partial charge on any atom is -0.748 e. The van der Waals surface area contributed by atoms with Crippen LogP contribution < -0.4 is 9.47 Å². The monoisotopic (exact) mass is 719 g/mol. The number of nitrogens with zero attached hydrogens (tertiary/aromatic N) is 2. The standard InChI is InChI=1S/C35H32N2O7S4/c1-2-23(19-32-36(14-5-17-47(38,39)40)34-27-13-16-44-29(27)10-12-31(34)46-32)20-33-37(15-6-18-48(41,42)43)35-28-22-25-8-4-3-7-24(25)21-26(28)9-11-30(35)45-33/h3-4,7-13,16,19-22H,2,5-6,14-15,17-18H2,1H3,(H-,38,39,40,41,42,43)/p-1. The summed E-state index contributed by atoms with van der Waals surface area (Å²) in [5.74, 6) is -0.914. The first kappa shape index (κ1) is 32.8. The summed E-state index contributed by atoms with van der Waals surface area (Å²) in [4.78, 5) is 3.06. The highest BCUT2D eigenvalue weighted by Gasteiger charge is 2.29. The predicted molar refractivity (Wildman–Crippen MR) is 191 cm³/mol. The maximum Gasteiger partial charge on any atom is 0.263 e. The molecule has 6 aromatic rings. The number of benzene rings is 4. The van der Waals surface area contributed by atoms with E-state index in [4.69, 9.17) is 4.42 Å². The highest BCUT2D eigenvalue weighted by Crippen LogP contribution is 2.50. The number of fused-ring (bicyclic) bond motifs is 7. The van der Waals surface area contributed by atoms with Gasteiger partial charge in [0.25, 0.3) is 5.01 Å². The Morgan fingerprint density at radius 1 is 0.896 bits per heavy atom. The Kier molecular flexibility index (Phi) is 8.85. The number of allylic oxidation sites excluding steroid dienone is 2. The largest absolute Gasteiger partial charge is 0.748 e. The first-order valence-corrected chi connectivity index (χ1v) is 20.3. The topological polar surface area (TPSA) is 135 Å². The summed E-state index contributed by atoms with van der Waals surface area (Å²) in [6, 6.07) is 22.5. The van der Waals surface area contributed by atoms with E-state index in [1.165, 1.54) is 0 Å². The molecule has 0 spiro atoms. The smallest absolute Gasteiger partial charge is 0.263 e. The summed E-state index contributed by atoms with van der Waals surface area (Å²) >= 11 is 3.18. The molecule has 0 aliphatic carbocycles. The Bertz CT molecular complexity index is 2500. The normalized spacial score (nSPS) is 15.1. The Morgan fingerprint density at radius 2 is 1.65 bits per heavy atom. The molecule has 4 aromatic carbocycles. The average molecular weight is 720 g/mol. The molecule has 48 heavy (non-hydrogen) atoms. The van der Waals surface area contributed by atoms with Crippen LogP contribution in [0.3, 0.4) is 0 Å². The van der Waals surface area contributed by atoms with Gasteiger partial charge < -0.3 is 18.4 Å². The number of aryl methyl sites for hydroxylation is 1. The second-order valence-corrected chi connectivity index (χ2v) is 16.9. The lowest BCUT2D eigenvalue weighted by Crippen LogP contribution is -2.36. The summed E-state index contributed by atoms with van der Waals surface area (Å²) in [6.45, 7) is 2.74. The van der Waals surface area contributed by atoms with Crippen molar-refractivity contribution in [2.45, 2.75) is 37.6 Å². The Labute approximate surface area is 286 Å². The molecule has 0 bridgehead atoms. The van der Waals surface area contributed by atoms with Crippen LogP contribution in [0.5, 0.6) is 0 Å². The van der Waals surface area contributed by atoms with Gasteiger partial charge in [0.15, 0.2) is 6.54 Å². The van der Waals surface area contributed by atoms with Crippen LogP contribution in [-0.4, -0.2) is 44.0 Å². The van der Waals surface area contributed by atoms with E-state index in [0.717, 1.165) is 68.9 Å². The first-order valence-electron chi connectivity index (χ1n) is 15.5. The molecule has 2 aromatic heterocycles. The second kappa shape index (κ2) is 13.0. The molecule has 1 aliphatic heterocycles. The zero-order valence-electron chi connectivity index (χ0n) is 25.9. The maximum atomic E-state index is 11.6. The molecule has 248 valence electrons. The highest BCUT2D eigenvalue weighted by molar-refractivity contribution is 8.03. The predicted octanol–water partition coefficient (Wildman–Crippen LogP) is 7.36. The SMILES string of the molecule is CCC(/C=C1\Sc2ccc3occc3c2N1CCCS(=O)(=O)[O-])=C\c1sc2ccc3cc4ccccc4cc3c2[n+]1CCCS(=O)(=O)[O-]. The van der Waals surface area contributed by atoms with Crippen LogP contribution in [0.4, 0.5) is 5.69 Å². The minimum atomic E-state index is -4.38. The molecular formula is C35H31N2O7S4-. The molecule has 7 rings (SSSR count). The number of rotatable bonds is 11. The van der Waals surface area contributed by atoms with Crippen LogP contribution in [0, 0.1) is 0 Å². The third-order valence-corrected chi connectivity index (χ3v) is 12.2. The van der Waals surface area contributed by atoms with Gasteiger partial charge in [-0.25, -0.2) is 16.8 Å². The Morgan fingerprint density at radius 3 is 2.40 bits per heavy atom. The van der Waals surface area contributed by atoms with Crippen LogP contribution in [0.2, 0.25) is 0 Å². The second-order valence-electron chi connectivity index (χ2n) is 11.7. The van der Waals surface area contributed by atoms with Crippen LogP contribution in [0.25, 0.3) is 48.8 Å². The van der Waals surface area contributed by atoms with Crippen molar-refractivity contribution in [3.8, 4) is 0 Å². The fourth-order valence-corrected chi connectivity index (χ4v) is 9.61. The molecule has 9 nitrogen and oxygen atoms in total. The van der Waals surface area contributed by atoms with E-state index in [0.29, 0.717) is 19.5 Å². The van der Waals surface area contributed by atoms with Crippen molar-refractivity contribution >= 4 is 97.8 Å². The molecule has 0 saturated heterocycles. The van der Waals surface area contributed by atoms with Crippen LogP contribution >= 0.6 is 23.1 Å². The number of hydrogen-bond acceptors (Lipinski definition) is 10. The van der Waals surface area contributed by atoms with Gasteiger partial charge in [0, 0.05) is 40.8 Å². The number of thiazole rings is 1. The summed E-state index contributed by atoms with van der Waals surface area (Å²) in [7, 11) is -8.74. The average Bonchev–Trinajstić information content (AvgIpc) is 3.74. The number of aromatic nitrogens is 1.